The molecule has 0 saturated carbocycles. The summed E-state index contributed by atoms with van der Waals surface area (Å²) in [7, 11) is 0. The minimum Gasteiger partial charge on any atom is -0.389 e. The van der Waals surface area contributed by atoms with E-state index in [1.807, 2.05) is 49.4 Å². The van der Waals surface area contributed by atoms with Crippen LogP contribution in [-0.4, -0.2) is 29.4 Å². The number of aryl methyl sites for hydroxylation is 1. The van der Waals surface area contributed by atoms with Crippen molar-refractivity contribution in [2.75, 3.05) is 6.54 Å². The van der Waals surface area contributed by atoms with E-state index in [4.69, 9.17) is 0 Å². The first kappa shape index (κ1) is 22.8. The first-order valence-electron chi connectivity index (χ1n) is 10.7. The number of carbonyl (C=O) groups is 2. The zero-order chi connectivity index (χ0) is 20.9. The van der Waals surface area contributed by atoms with Gasteiger partial charge in [0.2, 0.25) is 5.91 Å². The second-order valence-electron chi connectivity index (χ2n) is 7.40. The van der Waals surface area contributed by atoms with Gasteiger partial charge in [0.1, 0.15) is 0 Å². The number of amides is 1. The fourth-order valence-electron chi connectivity index (χ4n) is 3.43. The third-order valence-electron chi connectivity index (χ3n) is 5.07. The number of allylic oxidation sites excluding steroid dienone is 5. The minimum atomic E-state index is -0.510. The Labute approximate surface area is 174 Å². The Hall–Kier alpha value is -2.46. The van der Waals surface area contributed by atoms with Crippen molar-refractivity contribution in [3.8, 4) is 0 Å². The Morgan fingerprint density at radius 1 is 1.21 bits per heavy atom. The van der Waals surface area contributed by atoms with Crippen LogP contribution < -0.4 is 5.32 Å². The van der Waals surface area contributed by atoms with E-state index in [1.54, 1.807) is 0 Å². The molecule has 0 aliphatic heterocycles. The number of carbonyl (C=O) groups excluding carboxylic acids is 2. The lowest BCUT2D eigenvalue weighted by Crippen LogP contribution is -2.21. The van der Waals surface area contributed by atoms with Crippen LogP contribution in [0.25, 0.3) is 0 Å². The van der Waals surface area contributed by atoms with Crippen molar-refractivity contribution in [1.29, 1.82) is 0 Å². The quantitative estimate of drug-likeness (QED) is 0.406. The SMILES string of the molecule is CCNC(=O)CCC/C=C\CC1=C(/C=C/[C@@H](O)CCc2ccccc2)CCC1=O. The van der Waals surface area contributed by atoms with Crippen LogP contribution in [0.5, 0.6) is 0 Å². The number of hydrogen-bond donors (Lipinski definition) is 2. The van der Waals surface area contributed by atoms with Gasteiger partial charge in [-0.3, -0.25) is 9.59 Å². The Morgan fingerprint density at radius 3 is 2.76 bits per heavy atom. The zero-order valence-electron chi connectivity index (χ0n) is 17.4. The van der Waals surface area contributed by atoms with Gasteiger partial charge in [-0.25, -0.2) is 0 Å². The molecule has 2 rings (SSSR count). The predicted molar refractivity (Wildman–Crippen MR) is 117 cm³/mol. The Bertz CT molecular complexity index is 747. The minimum absolute atomic E-state index is 0.0906. The molecule has 0 saturated heterocycles. The van der Waals surface area contributed by atoms with Gasteiger partial charge >= 0.3 is 0 Å². The maximum atomic E-state index is 12.2. The molecule has 4 nitrogen and oxygen atoms in total. The van der Waals surface area contributed by atoms with Crippen molar-refractivity contribution < 1.29 is 14.7 Å². The van der Waals surface area contributed by atoms with Crippen LogP contribution >= 0.6 is 0 Å². The second kappa shape index (κ2) is 12.9. The number of aliphatic hydroxyl groups excluding tert-OH is 1. The average molecular weight is 396 g/mol. The van der Waals surface area contributed by atoms with E-state index < -0.39 is 6.10 Å². The molecule has 1 aliphatic rings. The van der Waals surface area contributed by atoms with Crippen LogP contribution in [0.3, 0.4) is 0 Å². The normalized spacial score (nSPS) is 15.6. The monoisotopic (exact) mass is 395 g/mol. The van der Waals surface area contributed by atoms with E-state index in [-0.39, 0.29) is 11.7 Å². The number of aliphatic hydroxyl groups is 1. The zero-order valence-corrected chi connectivity index (χ0v) is 17.4. The number of unbranched alkanes of at least 4 members (excludes halogenated alkanes) is 1. The van der Waals surface area contributed by atoms with Crippen LogP contribution in [0.15, 0.2) is 65.8 Å². The van der Waals surface area contributed by atoms with E-state index in [0.717, 1.165) is 36.8 Å². The number of ketones is 1. The molecule has 1 aromatic carbocycles. The van der Waals surface area contributed by atoms with Gasteiger partial charge in [-0.15, -0.1) is 0 Å². The highest BCUT2D eigenvalue weighted by molar-refractivity contribution is 5.99. The van der Waals surface area contributed by atoms with Crippen LogP contribution in [0.4, 0.5) is 0 Å². The Morgan fingerprint density at radius 2 is 2.00 bits per heavy atom. The van der Waals surface area contributed by atoms with Gasteiger partial charge in [0.15, 0.2) is 5.78 Å². The van der Waals surface area contributed by atoms with Crippen LogP contribution in [0.1, 0.15) is 57.4 Å². The van der Waals surface area contributed by atoms with Crippen molar-refractivity contribution in [3.63, 3.8) is 0 Å². The smallest absolute Gasteiger partial charge is 0.219 e. The first-order valence-corrected chi connectivity index (χ1v) is 10.7. The van der Waals surface area contributed by atoms with Crippen molar-refractivity contribution >= 4 is 11.7 Å². The molecule has 4 heteroatoms. The van der Waals surface area contributed by atoms with Crippen LogP contribution in [0.2, 0.25) is 0 Å². The largest absolute Gasteiger partial charge is 0.389 e. The summed E-state index contributed by atoms with van der Waals surface area (Å²) < 4.78 is 0. The molecule has 1 atom stereocenters. The lowest BCUT2D eigenvalue weighted by atomic mass is 10.0. The summed E-state index contributed by atoms with van der Waals surface area (Å²) in [5.41, 5.74) is 3.12. The summed E-state index contributed by atoms with van der Waals surface area (Å²) in [6.45, 7) is 2.58. The van der Waals surface area contributed by atoms with E-state index >= 15 is 0 Å². The number of nitrogens with one attached hydrogen (secondary N) is 1. The number of hydrogen-bond acceptors (Lipinski definition) is 3. The fraction of sp³-hybridized carbons (Fsp3) is 0.440. The molecule has 156 valence electrons. The maximum Gasteiger partial charge on any atom is 0.219 e. The van der Waals surface area contributed by atoms with E-state index in [1.165, 1.54) is 5.56 Å². The molecule has 0 fully saturated rings. The van der Waals surface area contributed by atoms with Crippen LogP contribution in [-0.2, 0) is 16.0 Å². The summed E-state index contributed by atoms with van der Waals surface area (Å²) in [5, 5.41) is 13.0. The lowest BCUT2D eigenvalue weighted by molar-refractivity contribution is -0.121. The summed E-state index contributed by atoms with van der Waals surface area (Å²) in [6.07, 6.45) is 12.9. The molecule has 1 aromatic rings. The lowest BCUT2D eigenvalue weighted by Gasteiger charge is -2.06. The summed E-state index contributed by atoms with van der Waals surface area (Å²) in [6, 6.07) is 10.1. The predicted octanol–water partition coefficient (Wildman–Crippen LogP) is 4.45. The Balaban J connectivity index is 1.79. The maximum absolute atomic E-state index is 12.2. The number of Topliss-reactive ketones (excluding diaryl/α,β-unsaturated/α-hetero) is 1. The topological polar surface area (TPSA) is 66.4 Å². The van der Waals surface area contributed by atoms with Crippen molar-refractivity contribution in [2.45, 2.75) is 64.4 Å². The second-order valence-corrected chi connectivity index (χ2v) is 7.40. The summed E-state index contributed by atoms with van der Waals surface area (Å²) in [4.78, 5) is 23.6. The van der Waals surface area contributed by atoms with Crippen molar-refractivity contribution in [2.24, 2.45) is 0 Å². The van der Waals surface area contributed by atoms with Gasteiger partial charge in [-0.05, 0) is 56.6 Å². The highest BCUT2D eigenvalue weighted by Crippen LogP contribution is 2.27. The molecule has 1 aliphatic carbocycles. The molecule has 0 radical (unpaired) electrons. The Kier molecular flexibility index (Phi) is 10.1. The van der Waals surface area contributed by atoms with E-state index in [0.29, 0.717) is 32.2 Å². The molecule has 0 aromatic heterocycles. The first-order chi connectivity index (χ1) is 14.1. The van der Waals surface area contributed by atoms with E-state index in [9.17, 15) is 14.7 Å². The van der Waals surface area contributed by atoms with Gasteiger partial charge in [-0.2, -0.15) is 0 Å². The number of rotatable bonds is 12. The van der Waals surface area contributed by atoms with Gasteiger partial charge in [0.25, 0.3) is 0 Å². The van der Waals surface area contributed by atoms with E-state index in [2.05, 4.69) is 17.4 Å². The van der Waals surface area contributed by atoms with Crippen molar-refractivity contribution in [3.05, 3.63) is 71.3 Å². The average Bonchev–Trinajstić information content (AvgIpc) is 3.08. The molecule has 0 heterocycles. The summed E-state index contributed by atoms with van der Waals surface area (Å²) in [5.74, 6) is 0.295. The summed E-state index contributed by atoms with van der Waals surface area (Å²) >= 11 is 0. The van der Waals surface area contributed by atoms with Gasteiger partial charge in [0, 0.05) is 25.0 Å². The highest BCUT2D eigenvalue weighted by Gasteiger charge is 2.20. The van der Waals surface area contributed by atoms with Gasteiger partial charge < -0.3 is 10.4 Å². The molecule has 29 heavy (non-hydrogen) atoms. The molecule has 1 amide bonds. The standard InChI is InChI=1S/C25H33NO3/c1-2-26-25(29)13-9-4-3-8-12-23-21(16-19-24(23)28)15-18-22(27)17-14-20-10-6-5-7-11-20/h3,5-8,10-11,15,18,22,27H,2,4,9,12-14,16-17,19H2,1H3,(H,26,29)/b8-3-,18-15+/t22-/m0/s1. The molecular formula is C25H33NO3. The molecular weight excluding hydrogens is 362 g/mol. The fourth-order valence-corrected chi connectivity index (χ4v) is 3.43. The van der Waals surface area contributed by atoms with Crippen LogP contribution in [0, 0.1) is 0 Å². The molecule has 0 unspecified atom stereocenters. The van der Waals surface area contributed by atoms with Gasteiger partial charge in [-0.1, -0.05) is 54.6 Å². The van der Waals surface area contributed by atoms with Gasteiger partial charge in [0.05, 0.1) is 6.10 Å². The molecule has 2 N–H and O–H groups in total. The van der Waals surface area contributed by atoms with Crippen molar-refractivity contribution in [1.82, 2.24) is 5.32 Å². The highest BCUT2D eigenvalue weighted by atomic mass is 16.3. The number of benzene rings is 1. The third kappa shape index (κ3) is 8.61. The molecule has 0 spiro atoms. The molecule has 0 bridgehead atoms. The third-order valence-corrected chi connectivity index (χ3v) is 5.07.